The minimum absolute atomic E-state index is 0.213. The van der Waals surface area contributed by atoms with Crippen molar-refractivity contribution in [3.63, 3.8) is 0 Å². The molecule has 1 aromatic carbocycles. The molecule has 5 nitrogen and oxygen atoms in total. The van der Waals surface area contributed by atoms with Crippen LogP contribution in [0.5, 0.6) is 0 Å². The Kier molecular flexibility index (Phi) is 4.24. The van der Waals surface area contributed by atoms with Gasteiger partial charge in [-0.25, -0.2) is 18.1 Å². The predicted molar refractivity (Wildman–Crippen MR) is 73.7 cm³/mol. The van der Waals surface area contributed by atoms with Gasteiger partial charge in [0.15, 0.2) is 0 Å². The molecule has 0 amide bonds. The number of H-pyrrole nitrogens is 1. The van der Waals surface area contributed by atoms with Gasteiger partial charge in [0, 0.05) is 29.9 Å². The third-order valence-corrected chi connectivity index (χ3v) is 4.52. The van der Waals surface area contributed by atoms with Crippen LogP contribution in [0.4, 0.5) is 0 Å². The van der Waals surface area contributed by atoms with E-state index in [0.717, 1.165) is 5.69 Å². The molecular weight excluding hydrogens is 286 g/mol. The Morgan fingerprint density at radius 2 is 2.21 bits per heavy atom. The lowest BCUT2D eigenvalue weighted by atomic mass is 10.2. The van der Waals surface area contributed by atoms with Gasteiger partial charge in [0.25, 0.3) is 0 Å². The average molecular weight is 300 g/mol. The van der Waals surface area contributed by atoms with Gasteiger partial charge in [0.05, 0.1) is 11.2 Å². The molecule has 1 aromatic heterocycles. The third-order valence-electron chi connectivity index (χ3n) is 2.68. The Labute approximate surface area is 117 Å². The van der Waals surface area contributed by atoms with E-state index in [0.29, 0.717) is 23.6 Å². The first-order valence-corrected chi connectivity index (χ1v) is 7.58. The van der Waals surface area contributed by atoms with Crippen LogP contribution in [0, 0.1) is 6.92 Å². The molecule has 0 atom stereocenters. The zero-order valence-corrected chi connectivity index (χ0v) is 11.9. The van der Waals surface area contributed by atoms with Crippen LogP contribution in [0.1, 0.15) is 11.3 Å². The lowest BCUT2D eigenvalue weighted by molar-refractivity contribution is 0.580. The molecule has 102 valence electrons. The number of nitrogens with zero attached hydrogens (tertiary/aromatic N) is 1. The average Bonchev–Trinajstić information content (AvgIpc) is 2.85. The predicted octanol–water partition coefficient (Wildman–Crippen LogP) is 1.89. The highest BCUT2D eigenvalue weighted by Gasteiger charge is 2.16. The number of imidazole rings is 1. The van der Waals surface area contributed by atoms with Crippen molar-refractivity contribution in [2.24, 2.45) is 0 Å². The number of rotatable bonds is 5. The minimum Gasteiger partial charge on any atom is -0.348 e. The molecule has 0 unspecified atom stereocenters. The Morgan fingerprint density at radius 1 is 1.42 bits per heavy atom. The number of nitrogens with one attached hydrogen (secondary N) is 2. The number of hydrogen-bond acceptors (Lipinski definition) is 3. The summed E-state index contributed by atoms with van der Waals surface area (Å²) in [7, 11) is -3.54. The highest BCUT2D eigenvalue weighted by molar-refractivity contribution is 7.89. The normalized spacial score (nSPS) is 11.7. The molecule has 19 heavy (non-hydrogen) atoms. The lowest BCUT2D eigenvalue weighted by Gasteiger charge is -2.09. The number of aromatic nitrogens is 2. The minimum atomic E-state index is -3.54. The van der Waals surface area contributed by atoms with Crippen molar-refractivity contribution < 1.29 is 8.42 Å². The van der Waals surface area contributed by atoms with Crippen molar-refractivity contribution in [1.82, 2.24) is 14.7 Å². The van der Waals surface area contributed by atoms with Crippen LogP contribution in [-0.4, -0.2) is 24.9 Å². The smallest absolute Gasteiger partial charge is 0.240 e. The second-order valence-corrected chi connectivity index (χ2v) is 6.31. The van der Waals surface area contributed by atoms with Gasteiger partial charge >= 0.3 is 0 Å². The Bertz CT molecular complexity index is 654. The lowest BCUT2D eigenvalue weighted by Crippen LogP contribution is -2.26. The molecule has 2 aromatic rings. The summed E-state index contributed by atoms with van der Waals surface area (Å²) in [6.07, 6.45) is 3.78. The molecule has 0 aliphatic carbocycles. The summed E-state index contributed by atoms with van der Waals surface area (Å²) in [5, 5.41) is 0.402. The van der Waals surface area contributed by atoms with Crippen LogP contribution in [0.15, 0.2) is 35.6 Å². The van der Waals surface area contributed by atoms with E-state index in [4.69, 9.17) is 11.6 Å². The van der Waals surface area contributed by atoms with E-state index in [1.54, 1.807) is 31.6 Å². The van der Waals surface area contributed by atoms with E-state index in [2.05, 4.69) is 14.7 Å². The molecule has 0 saturated carbocycles. The molecule has 1 heterocycles. The highest BCUT2D eigenvalue weighted by Crippen LogP contribution is 2.19. The van der Waals surface area contributed by atoms with Crippen molar-refractivity contribution in [1.29, 1.82) is 0 Å². The molecular formula is C12H14ClN3O2S. The molecule has 0 aliphatic heterocycles. The van der Waals surface area contributed by atoms with Gasteiger partial charge in [-0.15, -0.1) is 0 Å². The number of aromatic amines is 1. The topological polar surface area (TPSA) is 74.8 Å². The molecule has 0 saturated heterocycles. The van der Waals surface area contributed by atoms with Crippen LogP contribution in [0.25, 0.3) is 0 Å². The van der Waals surface area contributed by atoms with Crippen molar-refractivity contribution in [3.05, 3.63) is 47.0 Å². The number of sulfonamides is 1. The quantitative estimate of drug-likeness (QED) is 0.885. The number of hydrogen-bond donors (Lipinski definition) is 2. The van der Waals surface area contributed by atoms with Gasteiger partial charge in [-0.3, -0.25) is 0 Å². The summed E-state index contributed by atoms with van der Waals surface area (Å²) in [6.45, 7) is 2.04. The molecule has 2 N–H and O–H groups in total. The number of aryl methyl sites for hydroxylation is 1. The van der Waals surface area contributed by atoms with Crippen molar-refractivity contribution in [2.45, 2.75) is 18.2 Å². The fourth-order valence-corrected chi connectivity index (χ4v) is 3.22. The van der Waals surface area contributed by atoms with Crippen LogP contribution in [0.3, 0.4) is 0 Å². The summed E-state index contributed by atoms with van der Waals surface area (Å²) in [5.74, 6) is 0. The number of halogens is 1. The molecule has 0 spiro atoms. The zero-order chi connectivity index (χ0) is 13.9. The maximum atomic E-state index is 12.1. The van der Waals surface area contributed by atoms with Gasteiger partial charge in [-0.2, -0.15) is 0 Å². The van der Waals surface area contributed by atoms with E-state index in [-0.39, 0.29) is 4.90 Å². The summed E-state index contributed by atoms with van der Waals surface area (Å²) in [6, 6.07) is 4.81. The van der Waals surface area contributed by atoms with E-state index in [1.807, 2.05) is 0 Å². The number of benzene rings is 1. The fraction of sp³-hybridized carbons (Fsp3) is 0.250. The van der Waals surface area contributed by atoms with Gasteiger partial charge in [-0.1, -0.05) is 17.7 Å². The molecule has 0 radical (unpaired) electrons. The Morgan fingerprint density at radius 3 is 2.89 bits per heavy atom. The monoisotopic (exact) mass is 299 g/mol. The summed E-state index contributed by atoms with van der Waals surface area (Å²) >= 11 is 5.83. The highest BCUT2D eigenvalue weighted by atomic mass is 35.5. The maximum Gasteiger partial charge on any atom is 0.240 e. The van der Waals surface area contributed by atoms with Gasteiger partial charge in [-0.05, 0) is 24.6 Å². The summed E-state index contributed by atoms with van der Waals surface area (Å²) in [5.41, 5.74) is 1.55. The SMILES string of the molecule is Cc1ccc(Cl)cc1S(=O)(=O)NCCc1cnc[nH]1. The molecule has 0 aliphatic rings. The first-order valence-electron chi connectivity index (χ1n) is 5.72. The van der Waals surface area contributed by atoms with Crippen LogP contribution < -0.4 is 4.72 Å². The van der Waals surface area contributed by atoms with Crippen molar-refractivity contribution in [2.75, 3.05) is 6.54 Å². The summed E-state index contributed by atoms with van der Waals surface area (Å²) < 4.78 is 26.8. The van der Waals surface area contributed by atoms with Crippen LogP contribution in [-0.2, 0) is 16.4 Å². The molecule has 0 bridgehead atoms. The Balaban J connectivity index is 2.07. The van der Waals surface area contributed by atoms with E-state index in [1.165, 1.54) is 6.07 Å². The van der Waals surface area contributed by atoms with Crippen molar-refractivity contribution >= 4 is 21.6 Å². The standard InChI is InChI=1S/C12H14ClN3O2S/c1-9-2-3-10(13)6-12(9)19(17,18)16-5-4-11-7-14-8-15-11/h2-3,6-8,16H,4-5H2,1H3,(H,14,15). The largest absolute Gasteiger partial charge is 0.348 e. The molecule has 7 heteroatoms. The van der Waals surface area contributed by atoms with E-state index >= 15 is 0 Å². The zero-order valence-electron chi connectivity index (χ0n) is 10.4. The van der Waals surface area contributed by atoms with E-state index in [9.17, 15) is 8.42 Å². The van der Waals surface area contributed by atoms with E-state index < -0.39 is 10.0 Å². The maximum absolute atomic E-state index is 12.1. The second-order valence-electron chi connectivity index (χ2n) is 4.13. The fourth-order valence-electron chi connectivity index (χ4n) is 1.68. The van der Waals surface area contributed by atoms with Gasteiger partial charge in [0.2, 0.25) is 10.0 Å². The summed E-state index contributed by atoms with van der Waals surface area (Å²) in [4.78, 5) is 7.00. The van der Waals surface area contributed by atoms with Crippen molar-refractivity contribution in [3.8, 4) is 0 Å². The first-order chi connectivity index (χ1) is 8.99. The van der Waals surface area contributed by atoms with Gasteiger partial charge < -0.3 is 4.98 Å². The Hall–Kier alpha value is -1.37. The molecule has 2 rings (SSSR count). The third kappa shape index (κ3) is 3.56. The second kappa shape index (κ2) is 5.73. The van der Waals surface area contributed by atoms with Crippen LogP contribution in [0.2, 0.25) is 5.02 Å². The molecule has 0 fully saturated rings. The van der Waals surface area contributed by atoms with Gasteiger partial charge in [0.1, 0.15) is 0 Å². The van der Waals surface area contributed by atoms with Crippen LogP contribution >= 0.6 is 11.6 Å². The first kappa shape index (κ1) is 14.0.